The summed E-state index contributed by atoms with van der Waals surface area (Å²) in [5.74, 6) is 1.31. The maximum Gasteiger partial charge on any atom is 0.188 e. The number of hydrogen-bond acceptors (Lipinski definition) is 4. The molecule has 0 saturated heterocycles. The normalized spacial score (nSPS) is 14.0. The Labute approximate surface area is 106 Å². The lowest BCUT2D eigenvalue weighted by molar-refractivity contribution is 0.0484. The van der Waals surface area contributed by atoms with Gasteiger partial charge in [-0.2, -0.15) is 0 Å². The Morgan fingerprint density at radius 2 is 1.94 bits per heavy atom. The molecule has 0 aromatic heterocycles. The molecule has 0 bridgehead atoms. The average Bonchev–Trinajstić information content (AvgIpc) is 2.58. The Morgan fingerprint density at radius 3 is 2.67 bits per heavy atom. The van der Waals surface area contributed by atoms with Crippen molar-refractivity contribution in [2.45, 2.75) is 12.8 Å². The molecule has 18 heavy (non-hydrogen) atoms. The monoisotopic (exact) mass is 248 g/mol. The van der Waals surface area contributed by atoms with Crippen molar-refractivity contribution in [1.29, 1.82) is 0 Å². The lowest BCUT2D eigenvalue weighted by atomic mass is 10.0. The molecule has 1 aromatic rings. The summed E-state index contributed by atoms with van der Waals surface area (Å²) in [4.78, 5) is 12.0. The van der Waals surface area contributed by atoms with Crippen molar-refractivity contribution in [2.24, 2.45) is 0 Å². The number of fused-ring (bicyclic) bond motifs is 1. The van der Waals surface area contributed by atoms with E-state index in [1.54, 1.807) is 26.4 Å². The topological polar surface area (TPSA) is 44.8 Å². The average molecular weight is 248 g/mol. The van der Waals surface area contributed by atoms with Gasteiger partial charge in [-0.1, -0.05) is 12.2 Å². The highest BCUT2D eigenvalue weighted by molar-refractivity contribution is 5.99. The fourth-order valence-electron chi connectivity index (χ4n) is 2.01. The van der Waals surface area contributed by atoms with Crippen LogP contribution in [-0.2, 0) is 11.2 Å². The minimum Gasteiger partial charge on any atom is -0.493 e. The van der Waals surface area contributed by atoms with Gasteiger partial charge in [0.2, 0.25) is 0 Å². The van der Waals surface area contributed by atoms with E-state index < -0.39 is 0 Å². The molecule has 0 fully saturated rings. The molecular weight excluding hydrogens is 232 g/mol. The van der Waals surface area contributed by atoms with Gasteiger partial charge in [0.15, 0.2) is 24.1 Å². The molecule has 0 spiro atoms. The highest BCUT2D eigenvalue weighted by Crippen LogP contribution is 2.35. The van der Waals surface area contributed by atoms with E-state index >= 15 is 0 Å². The van der Waals surface area contributed by atoms with E-state index in [9.17, 15) is 4.79 Å². The minimum atomic E-state index is 0.101. The fourth-order valence-corrected chi connectivity index (χ4v) is 2.01. The van der Waals surface area contributed by atoms with Crippen LogP contribution in [0.15, 0.2) is 24.3 Å². The van der Waals surface area contributed by atoms with Crippen LogP contribution in [0, 0.1) is 0 Å². The highest BCUT2D eigenvalue weighted by Gasteiger charge is 2.20. The summed E-state index contributed by atoms with van der Waals surface area (Å²) in [6, 6.07) is 3.55. The lowest BCUT2D eigenvalue weighted by Gasteiger charge is -2.15. The Hall–Kier alpha value is -1.81. The number of hydrogen-bond donors (Lipinski definition) is 0. The van der Waals surface area contributed by atoms with Crippen molar-refractivity contribution in [2.75, 3.05) is 21.0 Å². The summed E-state index contributed by atoms with van der Waals surface area (Å²) in [6.45, 7) is 0.130. The molecular formula is C14H16O4. The number of carbonyl (C=O) groups is 1. The standard InChI is InChI=1S/C14H16O4/c1-16-9-18-14-11-5-3-4-6-12(15)10(11)7-8-13(14)17-2/h3-4,7-8H,5-6,9H2,1-2H3. The first-order valence-corrected chi connectivity index (χ1v) is 5.77. The summed E-state index contributed by atoms with van der Waals surface area (Å²) in [5, 5.41) is 0. The minimum absolute atomic E-state index is 0.101. The maximum absolute atomic E-state index is 12.0. The molecule has 0 aliphatic heterocycles. The molecule has 4 nitrogen and oxygen atoms in total. The molecule has 0 atom stereocenters. The predicted molar refractivity (Wildman–Crippen MR) is 67.3 cm³/mol. The van der Waals surface area contributed by atoms with Gasteiger partial charge in [-0.3, -0.25) is 4.79 Å². The number of ketones is 1. The summed E-state index contributed by atoms with van der Waals surface area (Å²) in [5.41, 5.74) is 1.57. The van der Waals surface area contributed by atoms with Gasteiger partial charge in [0, 0.05) is 24.7 Å². The van der Waals surface area contributed by atoms with Crippen LogP contribution >= 0.6 is 0 Å². The summed E-state index contributed by atoms with van der Waals surface area (Å²) in [6.07, 6.45) is 4.96. The Bertz CT molecular complexity index is 477. The van der Waals surface area contributed by atoms with E-state index in [1.807, 2.05) is 12.2 Å². The Kier molecular flexibility index (Phi) is 3.99. The van der Waals surface area contributed by atoms with Gasteiger partial charge in [-0.05, 0) is 18.6 Å². The third-order valence-corrected chi connectivity index (χ3v) is 2.86. The lowest BCUT2D eigenvalue weighted by Crippen LogP contribution is -2.07. The second kappa shape index (κ2) is 5.69. The van der Waals surface area contributed by atoms with Gasteiger partial charge >= 0.3 is 0 Å². The molecule has 2 rings (SSSR count). The van der Waals surface area contributed by atoms with E-state index in [1.165, 1.54) is 0 Å². The quantitative estimate of drug-likeness (QED) is 0.606. The first-order valence-electron chi connectivity index (χ1n) is 5.77. The van der Waals surface area contributed by atoms with Crippen LogP contribution < -0.4 is 9.47 Å². The molecule has 1 aromatic carbocycles. The molecule has 1 aliphatic carbocycles. The van der Waals surface area contributed by atoms with Crippen LogP contribution in [-0.4, -0.2) is 26.8 Å². The van der Waals surface area contributed by atoms with Crippen molar-refractivity contribution in [3.63, 3.8) is 0 Å². The van der Waals surface area contributed by atoms with Crippen LogP contribution in [0.2, 0.25) is 0 Å². The number of benzene rings is 1. The second-order valence-corrected chi connectivity index (χ2v) is 3.98. The zero-order valence-corrected chi connectivity index (χ0v) is 10.6. The maximum atomic E-state index is 12.0. The Balaban J connectivity index is 2.49. The van der Waals surface area contributed by atoms with Crippen molar-refractivity contribution >= 4 is 5.78 Å². The highest BCUT2D eigenvalue weighted by atomic mass is 16.7. The van der Waals surface area contributed by atoms with Crippen LogP contribution in [0.25, 0.3) is 0 Å². The van der Waals surface area contributed by atoms with Crippen molar-refractivity contribution < 1.29 is 19.0 Å². The summed E-state index contributed by atoms with van der Waals surface area (Å²) >= 11 is 0. The Morgan fingerprint density at radius 1 is 1.17 bits per heavy atom. The zero-order chi connectivity index (χ0) is 13.0. The van der Waals surface area contributed by atoms with Crippen molar-refractivity contribution in [3.05, 3.63) is 35.4 Å². The first kappa shape index (κ1) is 12.6. The van der Waals surface area contributed by atoms with E-state index in [0.29, 0.717) is 29.9 Å². The second-order valence-electron chi connectivity index (χ2n) is 3.98. The van der Waals surface area contributed by atoms with Crippen molar-refractivity contribution in [3.8, 4) is 11.5 Å². The molecule has 0 saturated carbocycles. The molecule has 0 radical (unpaired) electrons. The molecule has 0 heterocycles. The number of Topliss-reactive ketones (excluding diaryl/α,β-unsaturated/α-hetero) is 1. The number of carbonyl (C=O) groups excluding carboxylic acids is 1. The molecule has 0 unspecified atom stereocenters. The molecule has 1 aliphatic rings. The zero-order valence-electron chi connectivity index (χ0n) is 10.6. The van der Waals surface area contributed by atoms with Gasteiger partial charge < -0.3 is 14.2 Å². The van der Waals surface area contributed by atoms with Crippen LogP contribution in [0.4, 0.5) is 0 Å². The van der Waals surface area contributed by atoms with E-state index in [0.717, 1.165) is 5.56 Å². The van der Waals surface area contributed by atoms with Crippen molar-refractivity contribution in [1.82, 2.24) is 0 Å². The largest absolute Gasteiger partial charge is 0.493 e. The number of allylic oxidation sites excluding steroid dienone is 2. The first-order chi connectivity index (χ1) is 8.77. The van der Waals surface area contributed by atoms with Gasteiger partial charge in [0.1, 0.15) is 0 Å². The third kappa shape index (κ3) is 2.38. The van der Waals surface area contributed by atoms with Crippen LogP contribution in [0.5, 0.6) is 11.5 Å². The SMILES string of the molecule is COCOc1c(OC)ccc2c1CC=CCC2=O. The third-order valence-electron chi connectivity index (χ3n) is 2.86. The van der Waals surface area contributed by atoms with Crippen LogP contribution in [0.3, 0.4) is 0 Å². The van der Waals surface area contributed by atoms with E-state index in [4.69, 9.17) is 14.2 Å². The smallest absolute Gasteiger partial charge is 0.188 e. The van der Waals surface area contributed by atoms with E-state index in [-0.39, 0.29) is 12.6 Å². The van der Waals surface area contributed by atoms with Gasteiger partial charge in [0.25, 0.3) is 0 Å². The van der Waals surface area contributed by atoms with Gasteiger partial charge in [-0.15, -0.1) is 0 Å². The fraction of sp³-hybridized carbons (Fsp3) is 0.357. The van der Waals surface area contributed by atoms with Crippen LogP contribution in [0.1, 0.15) is 22.3 Å². The summed E-state index contributed by atoms with van der Waals surface area (Å²) < 4.78 is 15.7. The predicted octanol–water partition coefficient (Wildman–Crippen LogP) is 2.36. The number of methoxy groups -OCH3 is 2. The molecule has 96 valence electrons. The summed E-state index contributed by atoms with van der Waals surface area (Å²) in [7, 11) is 3.13. The van der Waals surface area contributed by atoms with Gasteiger partial charge in [0.05, 0.1) is 7.11 Å². The molecule has 0 N–H and O–H groups in total. The van der Waals surface area contributed by atoms with E-state index in [2.05, 4.69) is 0 Å². The molecule has 4 heteroatoms. The number of ether oxygens (including phenoxy) is 3. The van der Waals surface area contributed by atoms with Gasteiger partial charge in [-0.25, -0.2) is 0 Å². The number of rotatable bonds is 4. The molecule has 0 amide bonds.